The van der Waals surface area contributed by atoms with Crippen LogP contribution in [0.2, 0.25) is 5.02 Å². The molecule has 3 rings (SSSR count). The molecule has 128 valence electrons. The third-order valence-electron chi connectivity index (χ3n) is 3.45. The fourth-order valence-electron chi connectivity index (χ4n) is 2.20. The van der Waals surface area contributed by atoms with E-state index >= 15 is 0 Å². The molecule has 0 aliphatic carbocycles. The number of benzene rings is 2. The molecule has 25 heavy (non-hydrogen) atoms. The van der Waals surface area contributed by atoms with Gasteiger partial charge >= 0.3 is 0 Å². The zero-order valence-corrected chi connectivity index (χ0v) is 14.3. The molecular weight excluding hydrogens is 367 g/mol. The summed E-state index contributed by atoms with van der Waals surface area (Å²) >= 11 is 6.03. The highest BCUT2D eigenvalue weighted by Crippen LogP contribution is 2.21. The molecule has 0 unspecified atom stereocenters. The van der Waals surface area contributed by atoms with Crippen molar-refractivity contribution in [2.75, 3.05) is 0 Å². The number of carbonyl (C=O) groups is 1. The third-order valence-corrected chi connectivity index (χ3v) is 5.12. The molecule has 0 atom stereocenters. The Balaban J connectivity index is 1.90. The maximum absolute atomic E-state index is 12.9. The second-order valence-corrected chi connectivity index (χ2v) is 7.23. The number of nitrogens with one attached hydrogen (secondary N) is 1. The second kappa shape index (κ2) is 6.70. The number of carbonyl (C=O) groups excluding carboxylic acids is 1. The predicted octanol–water partition coefficient (Wildman–Crippen LogP) is 3.39. The van der Waals surface area contributed by atoms with Gasteiger partial charge in [0.1, 0.15) is 5.82 Å². The van der Waals surface area contributed by atoms with Gasteiger partial charge in [0.2, 0.25) is 0 Å². The minimum absolute atomic E-state index is 0.0125. The van der Waals surface area contributed by atoms with E-state index in [0.717, 1.165) is 24.3 Å². The molecule has 0 spiro atoms. The van der Waals surface area contributed by atoms with Gasteiger partial charge in [-0.05, 0) is 54.6 Å². The van der Waals surface area contributed by atoms with E-state index in [0.29, 0.717) is 5.69 Å². The van der Waals surface area contributed by atoms with E-state index in [1.165, 1.54) is 12.1 Å². The summed E-state index contributed by atoms with van der Waals surface area (Å²) in [5.41, 5.74) is 0.664. The standard InChI is InChI=1S/C17H12ClFN2O3S/c18-16-8-5-13(21-9-1-2-10-21)11-15(16)17(22)20-25(23,24)14-6-3-12(19)4-7-14/h1-11H,(H,20,22). The van der Waals surface area contributed by atoms with Crippen LogP contribution >= 0.6 is 11.6 Å². The lowest BCUT2D eigenvalue weighted by atomic mass is 10.2. The minimum atomic E-state index is -4.14. The van der Waals surface area contributed by atoms with Crippen LogP contribution in [0.25, 0.3) is 5.69 Å². The van der Waals surface area contributed by atoms with Gasteiger partial charge in [-0.2, -0.15) is 0 Å². The Morgan fingerprint density at radius 2 is 1.68 bits per heavy atom. The number of rotatable bonds is 4. The van der Waals surface area contributed by atoms with Crippen LogP contribution in [0.4, 0.5) is 4.39 Å². The van der Waals surface area contributed by atoms with Crippen LogP contribution in [0.3, 0.4) is 0 Å². The van der Waals surface area contributed by atoms with Crippen LogP contribution < -0.4 is 4.72 Å². The van der Waals surface area contributed by atoms with Crippen molar-refractivity contribution in [2.24, 2.45) is 0 Å². The average molecular weight is 379 g/mol. The van der Waals surface area contributed by atoms with Gasteiger partial charge in [-0.15, -0.1) is 0 Å². The zero-order valence-electron chi connectivity index (χ0n) is 12.7. The van der Waals surface area contributed by atoms with Crippen LogP contribution in [0.1, 0.15) is 10.4 Å². The number of halogens is 2. The van der Waals surface area contributed by atoms with E-state index in [1.54, 1.807) is 23.0 Å². The minimum Gasteiger partial charge on any atom is -0.324 e. The van der Waals surface area contributed by atoms with Crippen LogP contribution in [-0.4, -0.2) is 18.9 Å². The van der Waals surface area contributed by atoms with Crippen LogP contribution in [0, 0.1) is 5.82 Å². The van der Waals surface area contributed by atoms with E-state index < -0.39 is 21.7 Å². The lowest BCUT2D eigenvalue weighted by molar-refractivity contribution is 0.0981. The van der Waals surface area contributed by atoms with Gasteiger partial charge in [-0.1, -0.05) is 11.6 Å². The van der Waals surface area contributed by atoms with Gasteiger partial charge in [0.05, 0.1) is 15.5 Å². The lowest BCUT2D eigenvalue weighted by Crippen LogP contribution is -2.30. The number of hydrogen-bond donors (Lipinski definition) is 1. The molecule has 0 saturated heterocycles. The molecule has 8 heteroatoms. The highest BCUT2D eigenvalue weighted by molar-refractivity contribution is 7.90. The Morgan fingerprint density at radius 3 is 2.32 bits per heavy atom. The maximum atomic E-state index is 12.9. The molecule has 0 bridgehead atoms. The number of hydrogen-bond acceptors (Lipinski definition) is 3. The summed E-state index contributed by atoms with van der Waals surface area (Å²) < 4.78 is 41.1. The molecule has 0 saturated carbocycles. The van der Waals surface area contributed by atoms with Crippen molar-refractivity contribution in [3.63, 3.8) is 0 Å². The highest BCUT2D eigenvalue weighted by Gasteiger charge is 2.21. The van der Waals surface area contributed by atoms with Crippen LogP contribution in [0.5, 0.6) is 0 Å². The molecule has 1 N–H and O–H groups in total. The van der Waals surface area contributed by atoms with Crippen molar-refractivity contribution in [3.05, 3.63) is 83.4 Å². The van der Waals surface area contributed by atoms with Gasteiger partial charge in [0.25, 0.3) is 15.9 Å². The van der Waals surface area contributed by atoms with Crippen molar-refractivity contribution in [1.29, 1.82) is 0 Å². The van der Waals surface area contributed by atoms with Crippen molar-refractivity contribution < 1.29 is 17.6 Å². The van der Waals surface area contributed by atoms with Crippen LogP contribution in [-0.2, 0) is 10.0 Å². The van der Waals surface area contributed by atoms with E-state index in [9.17, 15) is 17.6 Å². The predicted molar refractivity (Wildman–Crippen MR) is 91.8 cm³/mol. The summed E-state index contributed by atoms with van der Waals surface area (Å²) in [6, 6.07) is 12.5. The first-order valence-electron chi connectivity index (χ1n) is 7.12. The number of amides is 1. The highest BCUT2D eigenvalue weighted by atomic mass is 35.5. The molecule has 1 amide bonds. The second-order valence-electron chi connectivity index (χ2n) is 5.14. The van der Waals surface area contributed by atoms with Crippen molar-refractivity contribution >= 4 is 27.5 Å². The lowest BCUT2D eigenvalue weighted by Gasteiger charge is -2.10. The Bertz CT molecular complexity index is 1020. The first-order valence-corrected chi connectivity index (χ1v) is 8.98. The zero-order chi connectivity index (χ0) is 18.0. The monoisotopic (exact) mass is 378 g/mol. The van der Waals surface area contributed by atoms with Gasteiger partial charge in [-0.3, -0.25) is 4.79 Å². The Labute approximate surface area is 148 Å². The first kappa shape index (κ1) is 17.2. The molecule has 5 nitrogen and oxygen atoms in total. The maximum Gasteiger partial charge on any atom is 0.266 e. The fourth-order valence-corrected chi connectivity index (χ4v) is 3.37. The molecule has 0 radical (unpaired) electrons. The summed E-state index contributed by atoms with van der Waals surface area (Å²) in [4.78, 5) is 12.2. The molecule has 2 aromatic carbocycles. The van der Waals surface area contributed by atoms with Gasteiger partial charge in [0, 0.05) is 18.1 Å². The first-order chi connectivity index (χ1) is 11.9. The molecule has 1 aromatic heterocycles. The Hall–Kier alpha value is -2.64. The topological polar surface area (TPSA) is 68.2 Å². The summed E-state index contributed by atoms with van der Waals surface area (Å²) in [7, 11) is -4.14. The summed E-state index contributed by atoms with van der Waals surface area (Å²) in [5, 5.41) is 0.114. The number of sulfonamides is 1. The quantitative estimate of drug-likeness (QED) is 0.756. The van der Waals surface area contributed by atoms with E-state index in [-0.39, 0.29) is 15.5 Å². The molecular formula is C17H12ClFN2O3S. The smallest absolute Gasteiger partial charge is 0.266 e. The largest absolute Gasteiger partial charge is 0.324 e. The molecule has 0 aliphatic heterocycles. The van der Waals surface area contributed by atoms with Crippen molar-refractivity contribution in [1.82, 2.24) is 9.29 Å². The fraction of sp³-hybridized carbons (Fsp3) is 0. The molecule has 1 heterocycles. The number of aromatic nitrogens is 1. The average Bonchev–Trinajstić information content (AvgIpc) is 3.09. The van der Waals surface area contributed by atoms with Gasteiger partial charge in [-0.25, -0.2) is 17.5 Å². The molecule has 0 aliphatic rings. The molecule has 0 fully saturated rings. The summed E-state index contributed by atoms with van der Waals surface area (Å²) in [6.45, 7) is 0. The summed E-state index contributed by atoms with van der Waals surface area (Å²) in [6.07, 6.45) is 3.56. The Morgan fingerprint density at radius 1 is 1.04 bits per heavy atom. The van der Waals surface area contributed by atoms with Crippen LogP contribution in [0.15, 0.2) is 71.9 Å². The molecule has 3 aromatic rings. The van der Waals surface area contributed by atoms with Gasteiger partial charge in [0.15, 0.2) is 0 Å². The third kappa shape index (κ3) is 3.72. The normalized spacial score (nSPS) is 11.3. The van der Waals surface area contributed by atoms with Crippen molar-refractivity contribution in [2.45, 2.75) is 4.90 Å². The Kier molecular flexibility index (Phi) is 4.61. The van der Waals surface area contributed by atoms with E-state index in [2.05, 4.69) is 0 Å². The summed E-state index contributed by atoms with van der Waals surface area (Å²) in [5.74, 6) is -1.45. The van der Waals surface area contributed by atoms with Crippen molar-refractivity contribution in [3.8, 4) is 5.69 Å². The van der Waals surface area contributed by atoms with E-state index in [1.807, 2.05) is 16.9 Å². The SMILES string of the molecule is O=C(NS(=O)(=O)c1ccc(F)cc1)c1cc(-n2cccc2)ccc1Cl. The number of nitrogens with zero attached hydrogens (tertiary/aromatic N) is 1. The van der Waals surface area contributed by atoms with Gasteiger partial charge < -0.3 is 4.57 Å². The van der Waals surface area contributed by atoms with E-state index in [4.69, 9.17) is 11.6 Å².